The number of hydrogen-bond acceptors (Lipinski definition) is 6. The van der Waals surface area contributed by atoms with Gasteiger partial charge in [0.2, 0.25) is 5.95 Å². The molecule has 18 heavy (non-hydrogen) atoms. The van der Waals surface area contributed by atoms with Crippen LogP contribution in [0, 0.1) is 0 Å². The van der Waals surface area contributed by atoms with Gasteiger partial charge in [-0.2, -0.15) is 0 Å². The van der Waals surface area contributed by atoms with Crippen molar-refractivity contribution in [2.45, 2.75) is 6.04 Å². The van der Waals surface area contributed by atoms with Gasteiger partial charge in [-0.1, -0.05) is 18.2 Å². The fourth-order valence-electron chi connectivity index (χ4n) is 1.52. The molecule has 0 aliphatic carbocycles. The molecule has 6 heteroatoms. The van der Waals surface area contributed by atoms with Gasteiger partial charge >= 0.3 is 5.97 Å². The van der Waals surface area contributed by atoms with E-state index in [1.807, 2.05) is 24.3 Å². The molecule has 1 aromatic carbocycles. The van der Waals surface area contributed by atoms with Crippen LogP contribution < -0.4 is 5.32 Å². The number of methoxy groups -OCH3 is 1. The summed E-state index contributed by atoms with van der Waals surface area (Å²) in [4.78, 5) is 19.6. The Balaban J connectivity index is 2.23. The Morgan fingerprint density at radius 2 is 2.28 bits per heavy atom. The summed E-state index contributed by atoms with van der Waals surface area (Å²) in [6.07, 6.45) is 1.65. The fraction of sp³-hybridized carbons (Fsp3) is 0.250. The van der Waals surface area contributed by atoms with Crippen LogP contribution in [-0.2, 0) is 9.53 Å². The second-order valence-corrected chi connectivity index (χ2v) is 3.66. The third kappa shape index (κ3) is 2.54. The van der Waals surface area contributed by atoms with Crippen molar-refractivity contribution in [3.63, 3.8) is 0 Å². The number of anilines is 1. The van der Waals surface area contributed by atoms with Gasteiger partial charge in [-0.25, -0.2) is 14.8 Å². The Kier molecular flexibility index (Phi) is 3.69. The monoisotopic (exact) mass is 247 g/mol. The molecule has 0 amide bonds. The summed E-state index contributed by atoms with van der Waals surface area (Å²) in [7, 11) is 1.26. The standard InChI is InChI=1S/C12H13N3O3/c1-18-11(17)10(7-16)15-12-13-6-8-4-2-3-5-9(8)14-12/h2-6,10,16H,7H2,1H3,(H,13,14,15). The van der Waals surface area contributed by atoms with Crippen LogP contribution in [0.3, 0.4) is 0 Å². The smallest absolute Gasteiger partial charge is 0.330 e. The maximum Gasteiger partial charge on any atom is 0.330 e. The molecule has 0 fully saturated rings. The molecule has 2 aromatic rings. The summed E-state index contributed by atoms with van der Waals surface area (Å²) in [5, 5.41) is 12.7. The van der Waals surface area contributed by atoms with Gasteiger partial charge in [-0.3, -0.25) is 0 Å². The SMILES string of the molecule is COC(=O)C(CO)Nc1ncc2ccccc2n1. The average molecular weight is 247 g/mol. The lowest BCUT2D eigenvalue weighted by Crippen LogP contribution is -2.34. The summed E-state index contributed by atoms with van der Waals surface area (Å²) in [5.41, 5.74) is 0.761. The number of aliphatic hydroxyl groups excluding tert-OH is 1. The molecule has 0 saturated carbocycles. The van der Waals surface area contributed by atoms with Gasteiger partial charge in [0.1, 0.15) is 0 Å². The molecule has 0 radical (unpaired) electrons. The summed E-state index contributed by atoms with van der Waals surface area (Å²) in [6, 6.07) is 6.63. The average Bonchev–Trinajstić information content (AvgIpc) is 2.43. The van der Waals surface area contributed by atoms with Crippen LogP contribution in [0.2, 0.25) is 0 Å². The van der Waals surface area contributed by atoms with Crippen LogP contribution in [0.5, 0.6) is 0 Å². The van der Waals surface area contributed by atoms with Crippen LogP contribution in [0.1, 0.15) is 0 Å². The molecule has 0 aliphatic heterocycles. The van der Waals surface area contributed by atoms with Crippen LogP contribution in [0.15, 0.2) is 30.5 Å². The number of hydrogen-bond donors (Lipinski definition) is 2. The Morgan fingerprint density at radius 1 is 1.50 bits per heavy atom. The molecule has 0 spiro atoms. The van der Waals surface area contributed by atoms with Crippen molar-refractivity contribution < 1.29 is 14.6 Å². The highest BCUT2D eigenvalue weighted by molar-refractivity contribution is 5.80. The number of nitrogens with one attached hydrogen (secondary N) is 1. The summed E-state index contributed by atoms with van der Waals surface area (Å²) in [6.45, 7) is -0.386. The number of carbonyl (C=O) groups is 1. The number of benzene rings is 1. The topological polar surface area (TPSA) is 84.3 Å². The normalized spacial score (nSPS) is 12.1. The minimum atomic E-state index is -0.865. The molecule has 94 valence electrons. The molecular weight excluding hydrogens is 234 g/mol. The molecule has 0 bridgehead atoms. The Labute approximate surface area is 104 Å². The maximum absolute atomic E-state index is 11.3. The quantitative estimate of drug-likeness (QED) is 0.769. The first-order valence-electron chi connectivity index (χ1n) is 5.41. The van der Waals surface area contributed by atoms with Crippen molar-refractivity contribution in [1.82, 2.24) is 9.97 Å². The van der Waals surface area contributed by atoms with Crippen LogP contribution in [-0.4, -0.2) is 40.8 Å². The number of aliphatic hydroxyl groups is 1. The number of carbonyl (C=O) groups excluding carboxylic acids is 1. The first-order valence-corrected chi connectivity index (χ1v) is 5.41. The molecule has 6 nitrogen and oxygen atoms in total. The zero-order valence-corrected chi connectivity index (χ0v) is 9.83. The first kappa shape index (κ1) is 12.3. The predicted octanol–water partition coefficient (Wildman–Crippen LogP) is 0.576. The van der Waals surface area contributed by atoms with Gasteiger partial charge in [0.25, 0.3) is 0 Å². The minimum absolute atomic E-state index is 0.276. The molecule has 0 aliphatic rings. The van der Waals surface area contributed by atoms with Crippen LogP contribution >= 0.6 is 0 Å². The van der Waals surface area contributed by atoms with E-state index in [4.69, 9.17) is 5.11 Å². The number of fused-ring (bicyclic) bond motifs is 1. The molecule has 1 atom stereocenters. The highest BCUT2D eigenvalue weighted by Gasteiger charge is 2.18. The van der Waals surface area contributed by atoms with E-state index in [-0.39, 0.29) is 12.6 Å². The molecule has 2 N–H and O–H groups in total. The lowest BCUT2D eigenvalue weighted by Gasteiger charge is -2.13. The number of nitrogens with zero attached hydrogens (tertiary/aromatic N) is 2. The highest BCUT2D eigenvalue weighted by Crippen LogP contribution is 2.12. The van der Waals surface area contributed by atoms with E-state index in [2.05, 4.69) is 20.0 Å². The lowest BCUT2D eigenvalue weighted by molar-refractivity contribution is -0.142. The largest absolute Gasteiger partial charge is 0.467 e. The molecule has 0 saturated heterocycles. The van der Waals surface area contributed by atoms with Gasteiger partial charge < -0.3 is 15.2 Å². The highest BCUT2D eigenvalue weighted by atomic mass is 16.5. The van der Waals surface area contributed by atoms with Crippen molar-refractivity contribution in [2.75, 3.05) is 19.0 Å². The van der Waals surface area contributed by atoms with E-state index in [1.165, 1.54) is 7.11 Å². The zero-order chi connectivity index (χ0) is 13.0. The Hall–Kier alpha value is -2.21. The maximum atomic E-state index is 11.3. The van der Waals surface area contributed by atoms with Crippen molar-refractivity contribution in [1.29, 1.82) is 0 Å². The lowest BCUT2D eigenvalue weighted by atomic mass is 10.2. The van der Waals surface area contributed by atoms with Gasteiger partial charge in [-0.15, -0.1) is 0 Å². The van der Waals surface area contributed by atoms with Crippen molar-refractivity contribution in [3.8, 4) is 0 Å². The second kappa shape index (κ2) is 5.42. The number of aromatic nitrogens is 2. The summed E-state index contributed by atoms with van der Waals surface area (Å²) in [5.74, 6) is -0.285. The van der Waals surface area contributed by atoms with Gasteiger partial charge in [0, 0.05) is 11.6 Å². The number of rotatable bonds is 4. The molecule has 1 unspecified atom stereocenters. The number of para-hydroxylation sites is 1. The van der Waals surface area contributed by atoms with Gasteiger partial charge in [0.05, 0.1) is 19.2 Å². The third-order valence-electron chi connectivity index (χ3n) is 2.46. The first-order chi connectivity index (χ1) is 8.74. The van der Waals surface area contributed by atoms with Gasteiger partial charge in [0.15, 0.2) is 6.04 Å². The molecule has 1 heterocycles. The Morgan fingerprint density at radius 3 is 3.00 bits per heavy atom. The second-order valence-electron chi connectivity index (χ2n) is 3.66. The summed E-state index contributed by atoms with van der Waals surface area (Å²) >= 11 is 0. The van der Waals surface area contributed by atoms with E-state index < -0.39 is 12.0 Å². The molecule has 2 rings (SSSR count). The summed E-state index contributed by atoms with van der Waals surface area (Å²) < 4.78 is 4.55. The van der Waals surface area contributed by atoms with Crippen LogP contribution in [0.25, 0.3) is 10.9 Å². The zero-order valence-electron chi connectivity index (χ0n) is 9.83. The number of esters is 1. The van der Waals surface area contributed by atoms with Crippen molar-refractivity contribution in [2.24, 2.45) is 0 Å². The number of ether oxygens (including phenoxy) is 1. The van der Waals surface area contributed by atoms with Gasteiger partial charge in [-0.05, 0) is 6.07 Å². The van der Waals surface area contributed by atoms with Crippen molar-refractivity contribution in [3.05, 3.63) is 30.5 Å². The molecular formula is C12H13N3O3. The van der Waals surface area contributed by atoms with Crippen LogP contribution in [0.4, 0.5) is 5.95 Å². The van der Waals surface area contributed by atoms with E-state index in [0.717, 1.165) is 10.9 Å². The van der Waals surface area contributed by atoms with Crippen molar-refractivity contribution >= 4 is 22.8 Å². The minimum Gasteiger partial charge on any atom is -0.467 e. The van der Waals surface area contributed by atoms with E-state index in [0.29, 0.717) is 0 Å². The fourth-order valence-corrected chi connectivity index (χ4v) is 1.52. The third-order valence-corrected chi connectivity index (χ3v) is 2.46. The van der Waals surface area contributed by atoms with E-state index in [9.17, 15) is 4.79 Å². The predicted molar refractivity (Wildman–Crippen MR) is 66.1 cm³/mol. The molecule has 1 aromatic heterocycles. The van der Waals surface area contributed by atoms with E-state index in [1.54, 1.807) is 6.20 Å². The Bertz CT molecular complexity index is 559. The van der Waals surface area contributed by atoms with E-state index >= 15 is 0 Å².